The summed E-state index contributed by atoms with van der Waals surface area (Å²) in [4.78, 5) is 19.8. The number of hydrogen-bond donors (Lipinski definition) is 3. The number of phenolic OH excluding ortho intramolecular Hbond substituents is 3. The monoisotopic (exact) mass is 334 g/mol. The molecule has 2 rings (SSSR count). The fourth-order valence-electron chi connectivity index (χ4n) is 1.77. The summed E-state index contributed by atoms with van der Waals surface area (Å²) in [6, 6.07) is 3.84. The van der Waals surface area contributed by atoms with Crippen molar-refractivity contribution in [2.45, 2.75) is 6.92 Å². The Kier molecular flexibility index (Phi) is 4.26. The normalized spacial score (nSPS) is 10.9. The molecular weight excluding hydrogens is 324 g/mol. The SMILES string of the molecule is Cc1c(O)ccc(/N=N/c2cc([N+](=O)[O-])cc([N+](=O)[O-])c2O)c1O. The molecule has 0 saturated carbocycles. The number of nitro benzene ring substituents is 2. The van der Waals surface area contributed by atoms with Crippen molar-refractivity contribution < 1.29 is 25.2 Å². The summed E-state index contributed by atoms with van der Waals surface area (Å²) in [6.07, 6.45) is 0. The predicted molar refractivity (Wildman–Crippen MR) is 80.1 cm³/mol. The van der Waals surface area contributed by atoms with Gasteiger partial charge in [-0.3, -0.25) is 20.2 Å². The number of hydrogen-bond acceptors (Lipinski definition) is 9. The lowest BCUT2D eigenvalue weighted by Crippen LogP contribution is -1.93. The van der Waals surface area contributed by atoms with Gasteiger partial charge < -0.3 is 15.3 Å². The second-order valence-corrected chi connectivity index (χ2v) is 4.62. The molecule has 0 atom stereocenters. The lowest BCUT2D eigenvalue weighted by atomic mass is 10.2. The van der Waals surface area contributed by atoms with Crippen LogP contribution in [0, 0.1) is 27.2 Å². The first-order chi connectivity index (χ1) is 11.2. The maximum absolute atomic E-state index is 10.8. The highest BCUT2D eigenvalue weighted by Crippen LogP contribution is 2.41. The van der Waals surface area contributed by atoms with E-state index in [-0.39, 0.29) is 17.0 Å². The number of rotatable bonds is 4. The summed E-state index contributed by atoms with van der Waals surface area (Å²) >= 11 is 0. The number of aromatic hydroxyl groups is 3. The van der Waals surface area contributed by atoms with Crippen LogP contribution in [0.1, 0.15) is 5.56 Å². The van der Waals surface area contributed by atoms with Gasteiger partial charge in [0.05, 0.1) is 15.9 Å². The van der Waals surface area contributed by atoms with E-state index in [1.165, 1.54) is 19.1 Å². The van der Waals surface area contributed by atoms with Gasteiger partial charge in [0.1, 0.15) is 22.9 Å². The fourth-order valence-corrected chi connectivity index (χ4v) is 1.77. The minimum atomic E-state index is -0.996. The van der Waals surface area contributed by atoms with E-state index in [0.29, 0.717) is 6.07 Å². The standard InChI is InChI=1S/C13H10N4O7/c1-6-11(18)3-2-8(12(6)19)14-15-9-4-7(16(21)22)5-10(13(9)20)17(23)24/h2-5,18-20H,1H3/b15-14+. The van der Waals surface area contributed by atoms with E-state index in [4.69, 9.17) is 0 Å². The molecule has 0 aliphatic rings. The molecule has 11 heteroatoms. The second-order valence-electron chi connectivity index (χ2n) is 4.62. The van der Waals surface area contributed by atoms with E-state index >= 15 is 0 Å². The Morgan fingerprint density at radius 3 is 2.12 bits per heavy atom. The third kappa shape index (κ3) is 3.04. The average Bonchev–Trinajstić information content (AvgIpc) is 2.52. The Balaban J connectivity index is 2.55. The van der Waals surface area contributed by atoms with Crippen LogP contribution in [0.15, 0.2) is 34.5 Å². The van der Waals surface area contributed by atoms with Gasteiger partial charge >= 0.3 is 5.69 Å². The lowest BCUT2D eigenvalue weighted by Gasteiger charge is -2.04. The van der Waals surface area contributed by atoms with Crippen LogP contribution in [0.4, 0.5) is 22.7 Å². The van der Waals surface area contributed by atoms with Gasteiger partial charge in [-0.15, -0.1) is 10.2 Å². The van der Waals surface area contributed by atoms with E-state index in [0.717, 1.165) is 6.07 Å². The van der Waals surface area contributed by atoms with Gasteiger partial charge in [-0.05, 0) is 19.1 Å². The minimum Gasteiger partial charge on any atom is -0.508 e. The van der Waals surface area contributed by atoms with Crippen LogP contribution in [0.2, 0.25) is 0 Å². The number of phenols is 3. The molecule has 0 fully saturated rings. The van der Waals surface area contributed by atoms with E-state index in [1.54, 1.807) is 0 Å². The molecule has 3 N–H and O–H groups in total. The summed E-state index contributed by atoms with van der Waals surface area (Å²) in [6.45, 7) is 1.42. The van der Waals surface area contributed by atoms with Crippen LogP contribution in [-0.2, 0) is 0 Å². The van der Waals surface area contributed by atoms with Crippen LogP contribution in [0.3, 0.4) is 0 Å². The molecular formula is C13H10N4O7. The fraction of sp³-hybridized carbons (Fsp3) is 0.0769. The summed E-state index contributed by atoms with van der Waals surface area (Å²) in [5.74, 6) is -1.47. The molecule has 124 valence electrons. The molecule has 2 aromatic rings. The number of non-ortho nitro benzene ring substituents is 1. The summed E-state index contributed by atoms with van der Waals surface area (Å²) < 4.78 is 0. The van der Waals surface area contributed by atoms with Crippen molar-refractivity contribution in [3.05, 3.63) is 50.1 Å². The van der Waals surface area contributed by atoms with Gasteiger partial charge in [0.2, 0.25) is 5.75 Å². The highest BCUT2D eigenvalue weighted by atomic mass is 16.6. The second kappa shape index (κ2) is 6.16. The van der Waals surface area contributed by atoms with Crippen molar-refractivity contribution in [3.8, 4) is 17.2 Å². The highest BCUT2D eigenvalue weighted by molar-refractivity contribution is 5.68. The summed E-state index contributed by atoms with van der Waals surface area (Å²) in [5, 5.41) is 57.8. The van der Waals surface area contributed by atoms with Gasteiger partial charge in [0, 0.05) is 11.6 Å². The van der Waals surface area contributed by atoms with Gasteiger partial charge in [-0.25, -0.2) is 0 Å². The van der Waals surface area contributed by atoms with Crippen molar-refractivity contribution in [2.24, 2.45) is 10.2 Å². The minimum absolute atomic E-state index is 0.0983. The zero-order valence-electron chi connectivity index (χ0n) is 12.1. The van der Waals surface area contributed by atoms with E-state index < -0.39 is 38.4 Å². The first-order valence-electron chi connectivity index (χ1n) is 6.31. The van der Waals surface area contributed by atoms with Crippen LogP contribution in [0.25, 0.3) is 0 Å². The molecule has 0 radical (unpaired) electrons. The molecule has 0 aliphatic carbocycles. The number of nitrogens with zero attached hydrogens (tertiary/aromatic N) is 4. The summed E-state index contributed by atoms with van der Waals surface area (Å²) in [5.41, 5.74) is -2.04. The Morgan fingerprint density at radius 2 is 1.54 bits per heavy atom. The predicted octanol–water partition coefficient (Wildman–Crippen LogP) is 3.34. The van der Waals surface area contributed by atoms with Crippen molar-refractivity contribution in [1.29, 1.82) is 0 Å². The zero-order chi connectivity index (χ0) is 18.0. The van der Waals surface area contributed by atoms with Gasteiger partial charge in [0.15, 0.2) is 0 Å². The van der Waals surface area contributed by atoms with Gasteiger partial charge in [-0.2, -0.15) is 0 Å². The Labute approximate surface area is 133 Å². The molecule has 0 spiro atoms. The van der Waals surface area contributed by atoms with Crippen LogP contribution in [-0.4, -0.2) is 25.2 Å². The van der Waals surface area contributed by atoms with Crippen molar-refractivity contribution in [3.63, 3.8) is 0 Å². The molecule has 0 bridgehead atoms. The Morgan fingerprint density at radius 1 is 0.917 bits per heavy atom. The third-order valence-corrected chi connectivity index (χ3v) is 3.11. The molecule has 0 unspecified atom stereocenters. The van der Waals surface area contributed by atoms with E-state index in [2.05, 4.69) is 10.2 Å². The lowest BCUT2D eigenvalue weighted by molar-refractivity contribution is -0.394. The highest BCUT2D eigenvalue weighted by Gasteiger charge is 2.24. The molecule has 0 heterocycles. The molecule has 2 aromatic carbocycles. The molecule has 11 nitrogen and oxygen atoms in total. The van der Waals surface area contributed by atoms with Gasteiger partial charge in [-0.1, -0.05) is 0 Å². The average molecular weight is 334 g/mol. The molecule has 0 amide bonds. The van der Waals surface area contributed by atoms with Crippen LogP contribution >= 0.6 is 0 Å². The number of benzene rings is 2. The number of nitro groups is 2. The Hall–Kier alpha value is -3.76. The van der Waals surface area contributed by atoms with E-state index in [9.17, 15) is 35.5 Å². The van der Waals surface area contributed by atoms with Crippen molar-refractivity contribution in [2.75, 3.05) is 0 Å². The molecule has 0 saturated heterocycles. The van der Waals surface area contributed by atoms with E-state index in [1.807, 2.05) is 0 Å². The third-order valence-electron chi connectivity index (χ3n) is 3.11. The largest absolute Gasteiger partial charge is 0.508 e. The zero-order valence-corrected chi connectivity index (χ0v) is 12.1. The first kappa shape index (κ1) is 16.6. The Bertz CT molecular complexity index is 879. The maximum atomic E-state index is 10.8. The van der Waals surface area contributed by atoms with Crippen LogP contribution < -0.4 is 0 Å². The number of azo groups is 1. The maximum Gasteiger partial charge on any atom is 0.319 e. The quantitative estimate of drug-likeness (QED) is 0.436. The molecule has 0 aliphatic heterocycles. The molecule has 24 heavy (non-hydrogen) atoms. The molecule has 0 aromatic heterocycles. The first-order valence-corrected chi connectivity index (χ1v) is 6.31. The van der Waals surface area contributed by atoms with Crippen molar-refractivity contribution in [1.82, 2.24) is 0 Å². The van der Waals surface area contributed by atoms with Gasteiger partial charge in [0.25, 0.3) is 5.69 Å². The van der Waals surface area contributed by atoms with Crippen LogP contribution in [0.5, 0.6) is 17.2 Å². The smallest absolute Gasteiger partial charge is 0.319 e. The summed E-state index contributed by atoms with van der Waals surface area (Å²) in [7, 11) is 0. The van der Waals surface area contributed by atoms with Crippen molar-refractivity contribution >= 4 is 22.7 Å². The topological polar surface area (TPSA) is 172 Å².